The van der Waals surface area contributed by atoms with Crippen LogP contribution in [0.2, 0.25) is 0 Å². The second kappa shape index (κ2) is 12.1. The van der Waals surface area contributed by atoms with E-state index in [0.717, 1.165) is 12.8 Å². The number of carbonyl (C=O) groups is 1. The topological polar surface area (TPSA) is 37.3 Å². The van der Waals surface area contributed by atoms with Crippen LogP contribution in [0, 0.1) is 11.8 Å². The molecule has 0 radical (unpaired) electrons. The lowest BCUT2D eigenvalue weighted by atomic mass is 10.1. The molecule has 0 unspecified atom stereocenters. The highest BCUT2D eigenvalue weighted by Gasteiger charge is 1.91. The summed E-state index contributed by atoms with van der Waals surface area (Å²) in [5.74, 6) is 4.72. The van der Waals surface area contributed by atoms with E-state index >= 15 is 0 Å². The second-order valence-electron chi connectivity index (χ2n) is 4.15. The molecule has 0 aromatic carbocycles. The Kier molecular flexibility index (Phi) is 11.4. The summed E-state index contributed by atoms with van der Waals surface area (Å²) >= 11 is 0. The van der Waals surface area contributed by atoms with Crippen molar-refractivity contribution in [2.75, 3.05) is 0 Å². The zero-order valence-electron chi connectivity index (χ0n) is 10.4. The van der Waals surface area contributed by atoms with Gasteiger partial charge in [-0.25, -0.2) is 0 Å². The molecule has 0 aliphatic carbocycles. The van der Waals surface area contributed by atoms with Crippen molar-refractivity contribution in [3.05, 3.63) is 0 Å². The fourth-order valence-electron chi connectivity index (χ4n) is 1.57. The first-order chi connectivity index (χ1) is 7.77. The second-order valence-corrected chi connectivity index (χ2v) is 4.15. The van der Waals surface area contributed by atoms with E-state index in [0.29, 0.717) is 0 Å². The SMILES string of the molecule is CCCCCCCCCCC#CCC(=O)O. The minimum Gasteiger partial charge on any atom is -0.481 e. The van der Waals surface area contributed by atoms with Gasteiger partial charge in [-0.1, -0.05) is 57.8 Å². The van der Waals surface area contributed by atoms with Crippen LogP contribution in [0.5, 0.6) is 0 Å². The first-order valence-corrected chi connectivity index (χ1v) is 6.45. The molecule has 0 heterocycles. The van der Waals surface area contributed by atoms with Crippen molar-refractivity contribution in [3.8, 4) is 11.8 Å². The molecule has 0 atom stereocenters. The van der Waals surface area contributed by atoms with Crippen LogP contribution in [0.25, 0.3) is 0 Å². The number of carboxylic acid groups (broad SMARTS) is 1. The van der Waals surface area contributed by atoms with Gasteiger partial charge in [0.2, 0.25) is 0 Å². The van der Waals surface area contributed by atoms with Gasteiger partial charge in [0.05, 0.1) is 0 Å². The van der Waals surface area contributed by atoms with Gasteiger partial charge in [-0.05, 0) is 6.42 Å². The predicted molar refractivity (Wildman–Crippen MR) is 67.3 cm³/mol. The highest BCUT2D eigenvalue weighted by atomic mass is 16.4. The molecule has 0 saturated carbocycles. The number of unbranched alkanes of at least 4 members (excludes halogenated alkanes) is 8. The summed E-state index contributed by atoms with van der Waals surface area (Å²) in [5, 5.41) is 8.35. The predicted octanol–water partition coefficient (Wildman–Crippen LogP) is 4.00. The van der Waals surface area contributed by atoms with Gasteiger partial charge >= 0.3 is 5.97 Å². The average Bonchev–Trinajstić information content (AvgIpc) is 2.25. The summed E-state index contributed by atoms with van der Waals surface area (Å²) in [7, 11) is 0. The Morgan fingerprint density at radius 1 is 0.938 bits per heavy atom. The van der Waals surface area contributed by atoms with Crippen molar-refractivity contribution in [2.45, 2.75) is 71.1 Å². The maximum atomic E-state index is 10.2. The largest absolute Gasteiger partial charge is 0.481 e. The summed E-state index contributed by atoms with van der Waals surface area (Å²) in [6.07, 6.45) is 11.2. The Balaban J connectivity index is 3.08. The number of carboxylic acids is 1. The van der Waals surface area contributed by atoms with E-state index in [-0.39, 0.29) is 6.42 Å². The molecular weight excluding hydrogens is 200 g/mol. The molecule has 0 aliphatic heterocycles. The highest BCUT2D eigenvalue weighted by molar-refractivity contribution is 5.69. The van der Waals surface area contributed by atoms with Crippen LogP contribution in [0.15, 0.2) is 0 Å². The lowest BCUT2D eigenvalue weighted by molar-refractivity contribution is -0.135. The maximum absolute atomic E-state index is 10.2. The molecule has 0 saturated heterocycles. The number of hydrogen-bond donors (Lipinski definition) is 1. The molecule has 92 valence electrons. The number of aliphatic carboxylic acids is 1. The summed E-state index contributed by atoms with van der Waals surface area (Å²) in [4.78, 5) is 10.2. The molecule has 2 nitrogen and oxygen atoms in total. The first-order valence-electron chi connectivity index (χ1n) is 6.45. The molecule has 0 spiro atoms. The van der Waals surface area contributed by atoms with Crippen molar-refractivity contribution in [3.63, 3.8) is 0 Å². The lowest BCUT2D eigenvalue weighted by Crippen LogP contribution is -1.90. The lowest BCUT2D eigenvalue weighted by Gasteiger charge is -1.99. The van der Waals surface area contributed by atoms with E-state index in [1.165, 1.54) is 44.9 Å². The van der Waals surface area contributed by atoms with Gasteiger partial charge in [0.15, 0.2) is 0 Å². The van der Waals surface area contributed by atoms with Gasteiger partial charge in [-0.3, -0.25) is 4.79 Å². The van der Waals surface area contributed by atoms with Gasteiger partial charge in [-0.15, -0.1) is 5.92 Å². The fourth-order valence-corrected chi connectivity index (χ4v) is 1.57. The van der Waals surface area contributed by atoms with Crippen LogP contribution in [0.4, 0.5) is 0 Å². The van der Waals surface area contributed by atoms with Crippen LogP contribution < -0.4 is 0 Å². The Morgan fingerprint density at radius 3 is 2.06 bits per heavy atom. The van der Waals surface area contributed by atoms with E-state index in [1.54, 1.807) is 0 Å². The smallest absolute Gasteiger partial charge is 0.315 e. The minimum absolute atomic E-state index is 0.0168. The van der Waals surface area contributed by atoms with Crippen LogP contribution in [0.3, 0.4) is 0 Å². The Hall–Kier alpha value is -0.970. The summed E-state index contributed by atoms with van der Waals surface area (Å²) in [5.41, 5.74) is 0. The van der Waals surface area contributed by atoms with Crippen molar-refractivity contribution in [1.29, 1.82) is 0 Å². The summed E-state index contributed by atoms with van der Waals surface area (Å²) in [6.45, 7) is 2.23. The van der Waals surface area contributed by atoms with Crippen LogP contribution in [0.1, 0.15) is 71.1 Å². The quantitative estimate of drug-likeness (QED) is 0.475. The van der Waals surface area contributed by atoms with Crippen LogP contribution in [-0.2, 0) is 4.79 Å². The van der Waals surface area contributed by atoms with E-state index in [4.69, 9.17) is 5.11 Å². The highest BCUT2D eigenvalue weighted by Crippen LogP contribution is 2.08. The van der Waals surface area contributed by atoms with Gasteiger partial charge in [0.25, 0.3) is 0 Å². The van der Waals surface area contributed by atoms with Crippen molar-refractivity contribution >= 4 is 5.97 Å². The third-order valence-corrected chi connectivity index (χ3v) is 2.52. The Morgan fingerprint density at radius 2 is 1.50 bits per heavy atom. The van der Waals surface area contributed by atoms with Crippen molar-refractivity contribution < 1.29 is 9.90 Å². The molecule has 0 aliphatic rings. The molecule has 0 amide bonds. The standard InChI is InChI=1S/C14H24O2/c1-2-3-4-5-6-7-8-9-10-11-12-13-14(15)16/h2-10,13H2,1H3,(H,15,16). The number of hydrogen-bond acceptors (Lipinski definition) is 1. The molecule has 0 aromatic rings. The number of rotatable bonds is 9. The molecule has 0 rings (SSSR count). The van der Waals surface area contributed by atoms with Crippen molar-refractivity contribution in [1.82, 2.24) is 0 Å². The van der Waals surface area contributed by atoms with Gasteiger partial charge in [0.1, 0.15) is 6.42 Å². The molecule has 1 N–H and O–H groups in total. The fraction of sp³-hybridized carbons (Fsp3) is 0.786. The molecule has 0 bridgehead atoms. The molecule has 16 heavy (non-hydrogen) atoms. The zero-order valence-corrected chi connectivity index (χ0v) is 10.4. The first kappa shape index (κ1) is 15.0. The van der Waals surface area contributed by atoms with E-state index in [2.05, 4.69) is 18.8 Å². The van der Waals surface area contributed by atoms with E-state index < -0.39 is 5.97 Å². The monoisotopic (exact) mass is 224 g/mol. The minimum atomic E-state index is -0.830. The zero-order chi connectivity index (χ0) is 12.1. The van der Waals surface area contributed by atoms with E-state index in [9.17, 15) is 4.79 Å². The van der Waals surface area contributed by atoms with Gasteiger partial charge in [-0.2, -0.15) is 0 Å². The maximum Gasteiger partial charge on any atom is 0.315 e. The molecule has 0 aromatic heterocycles. The Labute approximate surface area is 99.4 Å². The van der Waals surface area contributed by atoms with E-state index in [1.807, 2.05) is 0 Å². The Bertz CT molecular complexity index is 223. The summed E-state index contributed by atoms with van der Waals surface area (Å²) < 4.78 is 0. The third kappa shape index (κ3) is 13.0. The van der Waals surface area contributed by atoms with Gasteiger partial charge in [0, 0.05) is 6.42 Å². The van der Waals surface area contributed by atoms with Crippen molar-refractivity contribution in [2.24, 2.45) is 0 Å². The molecule has 0 fully saturated rings. The molecule has 2 heteroatoms. The van der Waals surface area contributed by atoms with Crippen LogP contribution >= 0.6 is 0 Å². The summed E-state index contributed by atoms with van der Waals surface area (Å²) in [6, 6.07) is 0. The van der Waals surface area contributed by atoms with Crippen LogP contribution in [-0.4, -0.2) is 11.1 Å². The molecular formula is C14H24O2. The third-order valence-electron chi connectivity index (χ3n) is 2.52. The van der Waals surface area contributed by atoms with Gasteiger partial charge < -0.3 is 5.11 Å². The average molecular weight is 224 g/mol. The normalized spacial score (nSPS) is 9.56.